The summed E-state index contributed by atoms with van der Waals surface area (Å²) in [6, 6.07) is 7.60. The van der Waals surface area contributed by atoms with Gasteiger partial charge in [0.25, 0.3) is 11.8 Å². The van der Waals surface area contributed by atoms with E-state index >= 15 is 0 Å². The lowest BCUT2D eigenvalue weighted by Crippen LogP contribution is -2.33. The zero-order valence-electron chi connectivity index (χ0n) is 15.7. The Labute approximate surface area is 164 Å². The lowest BCUT2D eigenvalue weighted by atomic mass is 10.1. The van der Waals surface area contributed by atoms with Crippen LogP contribution in [0.15, 0.2) is 24.3 Å². The Hall–Kier alpha value is -2.34. The van der Waals surface area contributed by atoms with Crippen molar-refractivity contribution < 1.29 is 9.59 Å². The van der Waals surface area contributed by atoms with Crippen LogP contribution in [-0.2, 0) is 19.4 Å². The van der Waals surface area contributed by atoms with Crippen molar-refractivity contribution in [2.24, 2.45) is 0 Å². The molecular formula is C20H25ClN4O2. The highest BCUT2D eigenvalue weighted by Crippen LogP contribution is 2.21. The van der Waals surface area contributed by atoms with Crippen molar-refractivity contribution in [1.29, 1.82) is 0 Å². The maximum Gasteiger partial charge on any atom is 0.287 e. The standard InChI is InChI=1S/C20H25ClN4O2/c1-13(2)23-20(27)18-24-17(16-8-3-4-11-25(16)18)19(26)22-10-9-14-6-5-7-15(21)12-14/h5-7,12-13H,3-4,8-11H2,1-2H3,(H,22,26)(H,23,27). The summed E-state index contributed by atoms with van der Waals surface area (Å²) in [5.74, 6) is -0.129. The molecule has 2 heterocycles. The monoisotopic (exact) mass is 388 g/mol. The van der Waals surface area contributed by atoms with Gasteiger partial charge in [-0.05, 0) is 57.2 Å². The largest absolute Gasteiger partial charge is 0.350 e. The highest BCUT2D eigenvalue weighted by atomic mass is 35.5. The zero-order chi connectivity index (χ0) is 19.4. The predicted octanol–water partition coefficient (Wildman–Crippen LogP) is 2.98. The van der Waals surface area contributed by atoms with Gasteiger partial charge in [0, 0.05) is 24.2 Å². The molecule has 0 aliphatic carbocycles. The number of carbonyl (C=O) groups excluding carboxylic acids is 2. The van der Waals surface area contributed by atoms with E-state index in [4.69, 9.17) is 11.6 Å². The molecule has 1 aromatic carbocycles. The number of hydrogen-bond acceptors (Lipinski definition) is 3. The number of carbonyl (C=O) groups is 2. The third kappa shape index (κ3) is 4.69. The highest BCUT2D eigenvalue weighted by Gasteiger charge is 2.27. The summed E-state index contributed by atoms with van der Waals surface area (Å²) in [5, 5.41) is 6.47. The summed E-state index contributed by atoms with van der Waals surface area (Å²) in [6.07, 6.45) is 3.43. The molecule has 6 nitrogen and oxygen atoms in total. The van der Waals surface area contributed by atoms with Crippen LogP contribution in [0, 0.1) is 0 Å². The Balaban J connectivity index is 1.72. The first-order valence-corrected chi connectivity index (χ1v) is 9.76. The number of nitrogens with zero attached hydrogens (tertiary/aromatic N) is 2. The van der Waals surface area contributed by atoms with Crippen LogP contribution in [0.2, 0.25) is 5.02 Å². The van der Waals surface area contributed by atoms with E-state index < -0.39 is 0 Å². The third-order valence-corrected chi connectivity index (χ3v) is 4.78. The lowest BCUT2D eigenvalue weighted by Gasteiger charge is -2.17. The van der Waals surface area contributed by atoms with Gasteiger partial charge in [0.2, 0.25) is 0 Å². The number of aromatic nitrogens is 2. The average molecular weight is 389 g/mol. The lowest BCUT2D eigenvalue weighted by molar-refractivity contribution is 0.0927. The van der Waals surface area contributed by atoms with Crippen LogP contribution in [0.3, 0.4) is 0 Å². The number of hydrogen-bond donors (Lipinski definition) is 2. The van der Waals surface area contributed by atoms with Crippen molar-refractivity contribution in [3.63, 3.8) is 0 Å². The molecule has 1 aromatic heterocycles. The van der Waals surface area contributed by atoms with E-state index in [2.05, 4.69) is 15.6 Å². The number of imidazole rings is 1. The van der Waals surface area contributed by atoms with E-state index in [1.54, 1.807) is 0 Å². The van der Waals surface area contributed by atoms with Gasteiger partial charge in [0.15, 0.2) is 5.82 Å². The number of benzene rings is 1. The summed E-state index contributed by atoms with van der Waals surface area (Å²) >= 11 is 5.99. The molecule has 0 saturated carbocycles. The molecule has 2 amide bonds. The van der Waals surface area contributed by atoms with E-state index in [9.17, 15) is 9.59 Å². The van der Waals surface area contributed by atoms with E-state index in [-0.39, 0.29) is 17.9 Å². The van der Waals surface area contributed by atoms with Crippen molar-refractivity contribution in [3.05, 3.63) is 52.1 Å². The number of rotatable bonds is 6. The van der Waals surface area contributed by atoms with E-state index in [1.807, 2.05) is 42.7 Å². The smallest absolute Gasteiger partial charge is 0.287 e. The third-order valence-electron chi connectivity index (χ3n) is 4.54. The van der Waals surface area contributed by atoms with Crippen LogP contribution < -0.4 is 10.6 Å². The van der Waals surface area contributed by atoms with Crippen molar-refractivity contribution in [2.45, 2.75) is 52.1 Å². The Morgan fingerprint density at radius 3 is 2.81 bits per heavy atom. The zero-order valence-corrected chi connectivity index (χ0v) is 16.5. The van der Waals surface area contributed by atoms with Gasteiger partial charge in [0.1, 0.15) is 5.69 Å². The fraction of sp³-hybridized carbons (Fsp3) is 0.450. The number of amides is 2. The van der Waals surface area contributed by atoms with Gasteiger partial charge in [-0.2, -0.15) is 0 Å². The second-order valence-electron chi connectivity index (χ2n) is 7.10. The molecule has 0 saturated heterocycles. The van der Waals surface area contributed by atoms with Crippen molar-refractivity contribution >= 4 is 23.4 Å². The van der Waals surface area contributed by atoms with Crippen LogP contribution in [0.4, 0.5) is 0 Å². The average Bonchev–Trinajstić information content (AvgIpc) is 3.01. The molecule has 144 valence electrons. The molecule has 0 unspecified atom stereocenters. The van der Waals surface area contributed by atoms with Crippen LogP contribution in [0.25, 0.3) is 0 Å². The Bertz CT molecular complexity index is 845. The van der Waals surface area contributed by atoms with Crippen LogP contribution >= 0.6 is 11.6 Å². The SMILES string of the molecule is CC(C)NC(=O)c1nc(C(=O)NCCc2cccc(Cl)c2)c2n1CCCC2. The van der Waals surface area contributed by atoms with Gasteiger partial charge in [-0.15, -0.1) is 0 Å². The molecule has 1 aliphatic rings. The first kappa shape index (κ1) is 19.4. The topological polar surface area (TPSA) is 76.0 Å². The van der Waals surface area contributed by atoms with Gasteiger partial charge in [-0.25, -0.2) is 4.98 Å². The number of fused-ring (bicyclic) bond motifs is 1. The summed E-state index contributed by atoms with van der Waals surface area (Å²) in [4.78, 5) is 29.5. The van der Waals surface area contributed by atoms with E-state index in [0.29, 0.717) is 29.5 Å². The maximum absolute atomic E-state index is 12.7. The quantitative estimate of drug-likeness (QED) is 0.798. The van der Waals surface area contributed by atoms with Crippen molar-refractivity contribution in [2.75, 3.05) is 6.54 Å². The molecule has 27 heavy (non-hydrogen) atoms. The van der Waals surface area contributed by atoms with Gasteiger partial charge >= 0.3 is 0 Å². The maximum atomic E-state index is 12.7. The normalized spacial score (nSPS) is 13.3. The molecule has 2 aromatic rings. The fourth-order valence-corrected chi connectivity index (χ4v) is 3.53. The van der Waals surface area contributed by atoms with Crippen molar-refractivity contribution in [3.8, 4) is 0 Å². The summed E-state index contributed by atoms with van der Waals surface area (Å²) in [6.45, 7) is 5.01. The van der Waals surface area contributed by atoms with Gasteiger partial charge in [0.05, 0.1) is 5.69 Å². The fourth-order valence-electron chi connectivity index (χ4n) is 3.32. The minimum Gasteiger partial charge on any atom is -0.350 e. The minimum atomic E-state index is -0.230. The molecule has 0 radical (unpaired) electrons. The molecule has 3 rings (SSSR count). The van der Waals surface area contributed by atoms with Crippen LogP contribution in [0.5, 0.6) is 0 Å². The molecule has 2 N–H and O–H groups in total. The highest BCUT2D eigenvalue weighted by molar-refractivity contribution is 6.30. The molecule has 0 bridgehead atoms. The summed E-state index contributed by atoms with van der Waals surface area (Å²) in [7, 11) is 0. The van der Waals surface area contributed by atoms with Gasteiger partial charge in [-0.3, -0.25) is 9.59 Å². The minimum absolute atomic E-state index is 0.0176. The van der Waals surface area contributed by atoms with E-state index in [1.165, 1.54) is 0 Å². The van der Waals surface area contributed by atoms with Gasteiger partial charge in [-0.1, -0.05) is 23.7 Å². The Kier molecular flexibility index (Phi) is 6.16. The molecule has 0 atom stereocenters. The number of halogens is 1. The summed E-state index contributed by atoms with van der Waals surface area (Å²) < 4.78 is 1.90. The summed E-state index contributed by atoms with van der Waals surface area (Å²) in [5.41, 5.74) is 2.29. The molecule has 7 heteroatoms. The predicted molar refractivity (Wildman–Crippen MR) is 105 cm³/mol. The van der Waals surface area contributed by atoms with Crippen LogP contribution in [-0.4, -0.2) is 34.0 Å². The Morgan fingerprint density at radius 1 is 1.26 bits per heavy atom. The van der Waals surface area contributed by atoms with Crippen LogP contribution in [0.1, 0.15) is 59.1 Å². The van der Waals surface area contributed by atoms with E-state index in [0.717, 1.165) is 37.1 Å². The first-order chi connectivity index (χ1) is 13.0. The molecular weight excluding hydrogens is 364 g/mol. The molecule has 0 fully saturated rings. The van der Waals surface area contributed by atoms with Crippen molar-refractivity contribution in [1.82, 2.24) is 20.2 Å². The molecule has 1 aliphatic heterocycles. The number of nitrogens with one attached hydrogen (secondary N) is 2. The molecule has 0 spiro atoms. The Morgan fingerprint density at radius 2 is 2.07 bits per heavy atom. The van der Waals surface area contributed by atoms with Gasteiger partial charge < -0.3 is 15.2 Å². The first-order valence-electron chi connectivity index (χ1n) is 9.38. The second kappa shape index (κ2) is 8.57. The second-order valence-corrected chi connectivity index (χ2v) is 7.54.